The third kappa shape index (κ3) is 5.06. The second-order valence-electron chi connectivity index (χ2n) is 8.74. The molecular formula is C27H28N2O3S2. The highest BCUT2D eigenvalue weighted by atomic mass is 32.2. The van der Waals surface area contributed by atoms with Crippen molar-refractivity contribution in [1.82, 2.24) is 9.47 Å². The second-order valence-corrected chi connectivity index (χ2v) is 10.4. The number of aromatic nitrogens is 1. The van der Waals surface area contributed by atoms with E-state index in [2.05, 4.69) is 42.0 Å². The first-order valence-electron chi connectivity index (χ1n) is 11.7. The fourth-order valence-corrected chi connectivity index (χ4v) is 5.69. The van der Waals surface area contributed by atoms with E-state index in [1.165, 1.54) is 17.3 Å². The zero-order valence-electron chi connectivity index (χ0n) is 19.2. The average Bonchev–Trinajstić information content (AvgIpc) is 3.54. The summed E-state index contributed by atoms with van der Waals surface area (Å²) in [5.74, 6) is 0.877. The molecule has 34 heavy (non-hydrogen) atoms. The van der Waals surface area contributed by atoms with Gasteiger partial charge in [-0.05, 0) is 50.5 Å². The molecule has 2 fully saturated rings. The Hall–Kier alpha value is -2.61. The Kier molecular flexibility index (Phi) is 7.04. The topological polar surface area (TPSA) is 43.7 Å². The molecule has 176 valence electrons. The summed E-state index contributed by atoms with van der Waals surface area (Å²) in [4.78, 5) is 15.5. The van der Waals surface area contributed by atoms with Crippen molar-refractivity contribution in [1.29, 1.82) is 0 Å². The molecule has 7 heteroatoms. The summed E-state index contributed by atoms with van der Waals surface area (Å²) < 4.78 is 14.5. The third-order valence-corrected chi connectivity index (χ3v) is 7.60. The van der Waals surface area contributed by atoms with Crippen molar-refractivity contribution < 1.29 is 14.3 Å². The van der Waals surface area contributed by atoms with E-state index in [-0.39, 0.29) is 12.0 Å². The molecular weight excluding hydrogens is 464 g/mol. The second kappa shape index (κ2) is 10.3. The van der Waals surface area contributed by atoms with Crippen LogP contribution in [0, 0.1) is 6.92 Å². The number of fused-ring (bicyclic) bond motifs is 1. The lowest BCUT2D eigenvalue weighted by molar-refractivity contribution is -0.123. The normalized spacial score (nSPS) is 19.6. The third-order valence-electron chi connectivity index (χ3n) is 6.22. The lowest BCUT2D eigenvalue weighted by atomic mass is 10.1. The van der Waals surface area contributed by atoms with Crippen molar-refractivity contribution in [2.24, 2.45) is 0 Å². The van der Waals surface area contributed by atoms with Gasteiger partial charge in [-0.15, -0.1) is 0 Å². The fourth-order valence-electron chi connectivity index (χ4n) is 4.43. The van der Waals surface area contributed by atoms with Crippen molar-refractivity contribution in [3.8, 4) is 5.75 Å². The van der Waals surface area contributed by atoms with Gasteiger partial charge in [-0.3, -0.25) is 9.69 Å². The number of amides is 1. The highest BCUT2D eigenvalue weighted by Gasteiger charge is 2.34. The number of hydrogen-bond acceptors (Lipinski definition) is 5. The summed E-state index contributed by atoms with van der Waals surface area (Å²) in [5, 5.41) is 1.13. The van der Waals surface area contributed by atoms with Crippen LogP contribution in [0.25, 0.3) is 17.0 Å². The molecule has 0 spiro atoms. The Bertz CT molecular complexity index is 1230. The van der Waals surface area contributed by atoms with Gasteiger partial charge < -0.3 is 14.0 Å². The molecule has 1 aromatic heterocycles. The van der Waals surface area contributed by atoms with Crippen molar-refractivity contribution in [3.63, 3.8) is 0 Å². The molecule has 0 bridgehead atoms. The highest BCUT2D eigenvalue weighted by molar-refractivity contribution is 8.26. The molecule has 5 rings (SSSR count). The first kappa shape index (κ1) is 23.1. The predicted octanol–water partition coefficient (Wildman–Crippen LogP) is 5.80. The number of hydrogen-bond donors (Lipinski definition) is 0. The average molecular weight is 493 g/mol. The minimum absolute atomic E-state index is 0.0196. The number of thioether (sulfide) groups is 1. The Labute approximate surface area is 209 Å². The number of nitrogens with zero attached hydrogens (tertiary/aromatic N) is 2. The molecule has 1 atom stereocenters. The van der Waals surface area contributed by atoms with Crippen LogP contribution < -0.4 is 4.74 Å². The number of carbonyl (C=O) groups is 1. The minimum Gasteiger partial charge on any atom is -0.494 e. The number of rotatable bonds is 8. The lowest BCUT2D eigenvalue weighted by Gasteiger charge is -2.18. The Morgan fingerprint density at radius 1 is 1.21 bits per heavy atom. The number of carbonyl (C=O) groups excluding carboxylic acids is 1. The van der Waals surface area contributed by atoms with Crippen LogP contribution in [0.2, 0.25) is 0 Å². The van der Waals surface area contributed by atoms with Gasteiger partial charge in [0.2, 0.25) is 0 Å². The molecule has 3 aromatic rings. The van der Waals surface area contributed by atoms with E-state index < -0.39 is 0 Å². The molecule has 1 amide bonds. The SMILES string of the molecule is Cc1ccc(OCCCn2cc(/C=C3\SC(=S)N(C[C@H]4CCCO4)C3=O)c3ccccc32)cc1. The quantitative estimate of drug-likeness (QED) is 0.226. The van der Waals surface area contributed by atoms with Gasteiger partial charge in [0.1, 0.15) is 10.1 Å². The number of thiocarbonyl (C=S) groups is 1. The molecule has 0 unspecified atom stereocenters. The molecule has 0 N–H and O–H groups in total. The largest absolute Gasteiger partial charge is 0.494 e. The number of para-hydroxylation sites is 1. The smallest absolute Gasteiger partial charge is 0.266 e. The molecule has 3 heterocycles. The van der Waals surface area contributed by atoms with Crippen LogP contribution >= 0.6 is 24.0 Å². The summed E-state index contributed by atoms with van der Waals surface area (Å²) in [6.07, 6.45) is 7.11. The molecule has 0 radical (unpaired) electrons. The van der Waals surface area contributed by atoms with Crippen LogP contribution in [0.15, 0.2) is 59.6 Å². The molecule has 2 aliphatic heterocycles. The molecule has 0 saturated carbocycles. The summed E-state index contributed by atoms with van der Waals surface area (Å²) in [6, 6.07) is 16.4. The van der Waals surface area contributed by atoms with Crippen molar-refractivity contribution >= 4 is 51.2 Å². The monoisotopic (exact) mass is 492 g/mol. The zero-order valence-corrected chi connectivity index (χ0v) is 20.9. The van der Waals surface area contributed by atoms with Crippen molar-refractivity contribution in [2.45, 2.75) is 38.8 Å². The van der Waals surface area contributed by atoms with E-state index >= 15 is 0 Å². The maximum absolute atomic E-state index is 13.1. The molecule has 5 nitrogen and oxygen atoms in total. The Balaban J connectivity index is 1.29. The van der Waals surface area contributed by atoms with Crippen LogP contribution in [0.5, 0.6) is 5.75 Å². The Morgan fingerprint density at radius 3 is 2.82 bits per heavy atom. The predicted molar refractivity (Wildman–Crippen MR) is 142 cm³/mol. The van der Waals surface area contributed by atoms with Gasteiger partial charge in [-0.25, -0.2) is 0 Å². The first-order valence-corrected chi connectivity index (χ1v) is 13.0. The van der Waals surface area contributed by atoms with Crippen LogP contribution in [0.4, 0.5) is 0 Å². The van der Waals surface area contributed by atoms with E-state index in [1.807, 2.05) is 30.3 Å². The standard InChI is InChI=1S/C27H28N2O3S2/c1-19-9-11-21(12-10-19)31-15-5-13-28-17-20(23-7-2-3-8-24(23)28)16-25-26(30)29(27(33)34-25)18-22-6-4-14-32-22/h2-3,7-12,16-17,22H,4-6,13-15,18H2,1H3/b25-16-/t22-/m1/s1. The summed E-state index contributed by atoms with van der Waals surface area (Å²) >= 11 is 6.90. The van der Waals surface area contributed by atoms with Gasteiger partial charge in [0.25, 0.3) is 5.91 Å². The van der Waals surface area contributed by atoms with E-state index in [0.717, 1.165) is 54.6 Å². The summed E-state index contributed by atoms with van der Waals surface area (Å²) in [6.45, 7) is 4.86. The van der Waals surface area contributed by atoms with Crippen molar-refractivity contribution in [2.75, 3.05) is 19.8 Å². The molecule has 2 aromatic carbocycles. The zero-order chi connectivity index (χ0) is 23.5. The minimum atomic E-state index is -0.0196. The fraction of sp³-hybridized carbons (Fsp3) is 0.333. The highest BCUT2D eigenvalue weighted by Crippen LogP contribution is 2.35. The number of aryl methyl sites for hydroxylation is 2. The molecule has 2 aliphatic rings. The van der Waals surface area contributed by atoms with Gasteiger partial charge in [-0.2, -0.15) is 0 Å². The van der Waals surface area contributed by atoms with Gasteiger partial charge in [0.15, 0.2) is 0 Å². The first-order chi connectivity index (χ1) is 16.6. The molecule has 2 saturated heterocycles. The van der Waals surface area contributed by atoms with Gasteiger partial charge in [-0.1, -0.05) is 59.9 Å². The van der Waals surface area contributed by atoms with E-state index in [1.54, 1.807) is 4.90 Å². The van der Waals surface area contributed by atoms with Gasteiger partial charge in [0, 0.05) is 35.8 Å². The van der Waals surface area contributed by atoms with E-state index in [9.17, 15) is 4.79 Å². The van der Waals surface area contributed by atoms with Crippen LogP contribution in [0.1, 0.15) is 30.4 Å². The molecule has 0 aliphatic carbocycles. The summed E-state index contributed by atoms with van der Waals surface area (Å²) in [5.41, 5.74) is 3.41. The van der Waals surface area contributed by atoms with Crippen LogP contribution in [0.3, 0.4) is 0 Å². The van der Waals surface area contributed by atoms with E-state index in [0.29, 0.717) is 22.4 Å². The van der Waals surface area contributed by atoms with E-state index in [4.69, 9.17) is 21.7 Å². The number of ether oxygens (including phenoxy) is 2. The maximum Gasteiger partial charge on any atom is 0.266 e. The van der Waals surface area contributed by atoms with Crippen LogP contribution in [-0.2, 0) is 16.1 Å². The lowest BCUT2D eigenvalue weighted by Crippen LogP contribution is -2.35. The van der Waals surface area contributed by atoms with Gasteiger partial charge >= 0.3 is 0 Å². The number of benzene rings is 2. The van der Waals surface area contributed by atoms with Crippen LogP contribution in [-0.4, -0.2) is 45.6 Å². The van der Waals surface area contributed by atoms with Gasteiger partial charge in [0.05, 0.1) is 24.2 Å². The van der Waals surface area contributed by atoms with Crippen molar-refractivity contribution in [3.05, 3.63) is 70.8 Å². The summed E-state index contributed by atoms with van der Waals surface area (Å²) in [7, 11) is 0. The maximum atomic E-state index is 13.1. The Morgan fingerprint density at radius 2 is 2.03 bits per heavy atom.